The number of nitrogens with zero attached hydrogens (tertiary/aromatic N) is 1. The van der Waals surface area contributed by atoms with Crippen LogP contribution in [0.1, 0.15) is 36.2 Å². The largest absolute Gasteiger partial charge is 0.385 e. The summed E-state index contributed by atoms with van der Waals surface area (Å²) in [4.78, 5) is 15.8. The highest BCUT2D eigenvalue weighted by Gasteiger charge is 2.27. The topological polar surface area (TPSA) is 41.6 Å². The van der Waals surface area contributed by atoms with Crippen molar-refractivity contribution in [3.63, 3.8) is 0 Å². The maximum absolute atomic E-state index is 12.0. The molecule has 1 aliphatic rings. The standard InChI is InChI=1S/C15H24N2O2S/c1-3-13-12-6-10-20-14(12)5-8-17(13)11-15(18)16-7-4-9-19-2/h6,10,13H,3-5,7-9,11H2,1-2H3,(H,16,18)/t13-/m0/s1. The van der Waals surface area contributed by atoms with Crippen LogP contribution in [0.15, 0.2) is 11.4 Å². The highest BCUT2D eigenvalue weighted by atomic mass is 32.1. The maximum Gasteiger partial charge on any atom is 0.234 e. The van der Waals surface area contributed by atoms with Crippen molar-refractivity contribution in [2.75, 3.05) is 33.4 Å². The van der Waals surface area contributed by atoms with Gasteiger partial charge in [-0.2, -0.15) is 0 Å². The molecule has 5 heteroatoms. The summed E-state index contributed by atoms with van der Waals surface area (Å²) < 4.78 is 4.98. The predicted molar refractivity (Wildman–Crippen MR) is 82.1 cm³/mol. The van der Waals surface area contributed by atoms with E-state index < -0.39 is 0 Å². The molecule has 1 N–H and O–H groups in total. The zero-order valence-electron chi connectivity index (χ0n) is 12.4. The summed E-state index contributed by atoms with van der Waals surface area (Å²) >= 11 is 1.84. The molecule has 0 aliphatic carbocycles. The van der Waals surface area contributed by atoms with Gasteiger partial charge in [-0.1, -0.05) is 6.92 Å². The van der Waals surface area contributed by atoms with E-state index in [1.165, 1.54) is 10.4 Å². The van der Waals surface area contributed by atoms with Crippen LogP contribution in [0.3, 0.4) is 0 Å². The van der Waals surface area contributed by atoms with Crippen molar-refractivity contribution in [1.82, 2.24) is 10.2 Å². The Labute approximate surface area is 125 Å². The average Bonchev–Trinajstić information content (AvgIpc) is 2.92. The Bertz CT molecular complexity index is 433. The zero-order chi connectivity index (χ0) is 14.4. The fraction of sp³-hybridized carbons (Fsp3) is 0.667. The molecule has 0 radical (unpaired) electrons. The van der Waals surface area contributed by atoms with Crippen molar-refractivity contribution in [3.05, 3.63) is 21.9 Å². The molecule has 1 aromatic rings. The molecule has 1 atom stereocenters. The third-order valence-corrected chi connectivity index (χ3v) is 4.78. The van der Waals surface area contributed by atoms with Gasteiger partial charge < -0.3 is 10.1 Å². The Balaban J connectivity index is 1.85. The van der Waals surface area contributed by atoms with Crippen molar-refractivity contribution < 1.29 is 9.53 Å². The average molecular weight is 296 g/mol. The van der Waals surface area contributed by atoms with E-state index in [0.29, 0.717) is 25.7 Å². The van der Waals surface area contributed by atoms with Gasteiger partial charge in [-0.3, -0.25) is 9.69 Å². The van der Waals surface area contributed by atoms with Crippen molar-refractivity contribution in [3.8, 4) is 0 Å². The summed E-state index contributed by atoms with van der Waals surface area (Å²) in [7, 11) is 1.68. The molecule has 20 heavy (non-hydrogen) atoms. The molecular weight excluding hydrogens is 272 g/mol. The number of nitrogens with one attached hydrogen (secondary N) is 1. The molecule has 0 fully saturated rings. The molecule has 0 saturated carbocycles. The smallest absolute Gasteiger partial charge is 0.234 e. The van der Waals surface area contributed by atoms with E-state index in [0.717, 1.165) is 25.8 Å². The number of carbonyl (C=O) groups excluding carboxylic acids is 1. The van der Waals surface area contributed by atoms with Crippen LogP contribution in [-0.2, 0) is 16.0 Å². The first-order valence-electron chi connectivity index (χ1n) is 7.32. The van der Waals surface area contributed by atoms with E-state index in [2.05, 4.69) is 28.6 Å². The Morgan fingerprint density at radius 1 is 1.60 bits per heavy atom. The number of carbonyl (C=O) groups is 1. The van der Waals surface area contributed by atoms with Crippen molar-refractivity contribution in [2.45, 2.75) is 32.2 Å². The molecule has 2 rings (SSSR count). The van der Waals surface area contributed by atoms with Gasteiger partial charge in [0, 0.05) is 37.7 Å². The van der Waals surface area contributed by atoms with Crippen LogP contribution in [0.2, 0.25) is 0 Å². The van der Waals surface area contributed by atoms with Crippen LogP contribution in [0, 0.1) is 0 Å². The summed E-state index contributed by atoms with van der Waals surface area (Å²) in [6.07, 6.45) is 3.00. The van der Waals surface area contributed by atoms with Crippen LogP contribution in [0.25, 0.3) is 0 Å². The summed E-state index contributed by atoms with van der Waals surface area (Å²) in [5.41, 5.74) is 1.43. The minimum absolute atomic E-state index is 0.123. The summed E-state index contributed by atoms with van der Waals surface area (Å²) in [6, 6.07) is 2.62. The quantitative estimate of drug-likeness (QED) is 0.784. The first kappa shape index (κ1) is 15.5. The van der Waals surface area contributed by atoms with Crippen LogP contribution in [-0.4, -0.2) is 44.2 Å². The highest BCUT2D eigenvalue weighted by Crippen LogP contribution is 2.34. The summed E-state index contributed by atoms with van der Waals surface area (Å²) in [5.74, 6) is 0.123. The number of hydrogen-bond donors (Lipinski definition) is 1. The fourth-order valence-corrected chi connectivity index (χ4v) is 3.73. The monoisotopic (exact) mass is 296 g/mol. The van der Waals surface area contributed by atoms with Gasteiger partial charge in [-0.25, -0.2) is 0 Å². The number of hydrogen-bond acceptors (Lipinski definition) is 4. The van der Waals surface area contributed by atoms with Gasteiger partial charge in [0.15, 0.2) is 0 Å². The molecule has 112 valence electrons. The minimum Gasteiger partial charge on any atom is -0.385 e. The van der Waals surface area contributed by atoms with Gasteiger partial charge in [0.2, 0.25) is 5.91 Å². The molecule has 2 heterocycles. The number of amides is 1. The minimum atomic E-state index is 0.123. The van der Waals surface area contributed by atoms with Crippen LogP contribution < -0.4 is 5.32 Å². The first-order valence-corrected chi connectivity index (χ1v) is 8.20. The number of methoxy groups -OCH3 is 1. The molecule has 1 amide bonds. The van der Waals surface area contributed by atoms with Gasteiger partial charge >= 0.3 is 0 Å². The van der Waals surface area contributed by atoms with Crippen LogP contribution >= 0.6 is 11.3 Å². The van der Waals surface area contributed by atoms with E-state index in [1.54, 1.807) is 7.11 Å². The number of thiophene rings is 1. The van der Waals surface area contributed by atoms with Crippen LogP contribution in [0.4, 0.5) is 0 Å². The third kappa shape index (κ3) is 3.81. The molecule has 0 saturated heterocycles. The Kier molecular flexibility index (Phi) is 6.01. The highest BCUT2D eigenvalue weighted by molar-refractivity contribution is 7.10. The van der Waals surface area contributed by atoms with Gasteiger partial charge in [0.25, 0.3) is 0 Å². The summed E-state index contributed by atoms with van der Waals surface area (Å²) in [5, 5.41) is 5.14. The normalized spacial score (nSPS) is 18.8. The molecular formula is C15H24N2O2S. The Morgan fingerprint density at radius 3 is 3.20 bits per heavy atom. The maximum atomic E-state index is 12.0. The van der Waals surface area contributed by atoms with E-state index in [1.807, 2.05) is 11.3 Å². The SMILES string of the molecule is CC[C@H]1c2ccsc2CCN1CC(=O)NCCCOC. The Morgan fingerprint density at radius 2 is 2.45 bits per heavy atom. The van der Waals surface area contributed by atoms with Crippen molar-refractivity contribution >= 4 is 17.2 Å². The second-order valence-corrected chi connectivity index (χ2v) is 6.14. The van der Waals surface area contributed by atoms with E-state index in [9.17, 15) is 4.79 Å². The fourth-order valence-electron chi connectivity index (χ4n) is 2.80. The molecule has 0 unspecified atom stereocenters. The molecule has 4 nitrogen and oxygen atoms in total. The van der Waals surface area contributed by atoms with E-state index in [4.69, 9.17) is 4.74 Å². The summed E-state index contributed by atoms with van der Waals surface area (Å²) in [6.45, 7) is 5.07. The number of ether oxygens (including phenoxy) is 1. The molecule has 1 aromatic heterocycles. The third-order valence-electron chi connectivity index (χ3n) is 3.79. The van der Waals surface area contributed by atoms with Gasteiger partial charge in [-0.15, -0.1) is 11.3 Å². The second-order valence-electron chi connectivity index (χ2n) is 5.14. The molecule has 1 aliphatic heterocycles. The lowest BCUT2D eigenvalue weighted by atomic mass is 9.98. The molecule has 0 aromatic carbocycles. The lowest BCUT2D eigenvalue weighted by molar-refractivity contribution is -0.123. The molecule has 0 spiro atoms. The van der Waals surface area contributed by atoms with Crippen molar-refractivity contribution in [2.24, 2.45) is 0 Å². The van der Waals surface area contributed by atoms with Gasteiger partial charge in [-0.05, 0) is 36.3 Å². The Hall–Kier alpha value is -0.910. The predicted octanol–water partition coefficient (Wildman–Crippen LogP) is 2.21. The van der Waals surface area contributed by atoms with E-state index in [-0.39, 0.29) is 5.91 Å². The lowest BCUT2D eigenvalue weighted by Gasteiger charge is -2.34. The molecule has 0 bridgehead atoms. The van der Waals surface area contributed by atoms with Gasteiger partial charge in [0.05, 0.1) is 6.54 Å². The first-order chi connectivity index (χ1) is 9.76. The number of fused-ring (bicyclic) bond motifs is 1. The number of rotatable bonds is 7. The van der Waals surface area contributed by atoms with Crippen molar-refractivity contribution in [1.29, 1.82) is 0 Å². The second kappa shape index (κ2) is 7.76. The zero-order valence-corrected chi connectivity index (χ0v) is 13.2. The van der Waals surface area contributed by atoms with E-state index >= 15 is 0 Å². The van der Waals surface area contributed by atoms with Gasteiger partial charge in [0.1, 0.15) is 0 Å². The van der Waals surface area contributed by atoms with Crippen LogP contribution in [0.5, 0.6) is 0 Å². The lowest BCUT2D eigenvalue weighted by Crippen LogP contribution is -2.42.